The Morgan fingerprint density at radius 3 is 2.44 bits per heavy atom. The zero-order valence-electron chi connectivity index (χ0n) is 14.6. The standard InChI is InChI=1S/C21H23ClN2O/c1-3-4-13-23-21(25)20-18(15-9-11-17(22)12-10-15)19(24-20)16-7-5-14(2)6-8-16/h5-12,18,20H,3-4,13H2,1-2H3,(H,23,25)/t18-,20-/m1/s1. The van der Waals surface area contributed by atoms with Gasteiger partial charge in [0, 0.05) is 11.6 Å². The van der Waals surface area contributed by atoms with Gasteiger partial charge in [0.15, 0.2) is 0 Å². The van der Waals surface area contributed by atoms with E-state index >= 15 is 0 Å². The van der Waals surface area contributed by atoms with Crippen LogP contribution in [-0.2, 0) is 4.79 Å². The topological polar surface area (TPSA) is 41.5 Å². The average molecular weight is 355 g/mol. The maximum Gasteiger partial charge on any atom is 0.245 e. The highest BCUT2D eigenvalue weighted by Crippen LogP contribution is 2.36. The van der Waals surface area contributed by atoms with Crippen LogP contribution < -0.4 is 5.32 Å². The first-order chi connectivity index (χ1) is 12.1. The molecule has 0 aromatic heterocycles. The van der Waals surface area contributed by atoms with Gasteiger partial charge in [-0.05, 0) is 36.6 Å². The molecule has 2 atom stereocenters. The number of carbonyl (C=O) groups is 1. The average Bonchev–Trinajstić information content (AvgIpc) is 2.58. The SMILES string of the molecule is CCCCNC(=O)[C@@H]1N=C(c2ccc(C)cc2)[C@H]1c1ccc(Cl)cc1. The van der Waals surface area contributed by atoms with Crippen molar-refractivity contribution < 1.29 is 4.79 Å². The highest BCUT2D eigenvalue weighted by molar-refractivity contribution is 6.30. The van der Waals surface area contributed by atoms with Gasteiger partial charge in [0.1, 0.15) is 6.04 Å². The van der Waals surface area contributed by atoms with Crippen molar-refractivity contribution in [2.45, 2.75) is 38.6 Å². The van der Waals surface area contributed by atoms with Gasteiger partial charge < -0.3 is 5.32 Å². The van der Waals surface area contributed by atoms with E-state index in [4.69, 9.17) is 11.6 Å². The number of nitrogens with zero attached hydrogens (tertiary/aromatic N) is 1. The van der Waals surface area contributed by atoms with E-state index in [1.807, 2.05) is 24.3 Å². The van der Waals surface area contributed by atoms with E-state index in [0.29, 0.717) is 11.6 Å². The molecule has 0 saturated heterocycles. The molecule has 1 heterocycles. The van der Waals surface area contributed by atoms with Crippen molar-refractivity contribution in [1.29, 1.82) is 0 Å². The molecule has 1 aliphatic heterocycles. The van der Waals surface area contributed by atoms with E-state index in [0.717, 1.165) is 29.7 Å². The van der Waals surface area contributed by atoms with E-state index < -0.39 is 0 Å². The first kappa shape index (κ1) is 17.7. The van der Waals surface area contributed by atoms with E-state index in [1.54, 1.807) is 0 Å². The number of aryl methyl sites for hydroxylation is 1. The molecular formula is C21H23ClN2O. The fourth-order valence-electron chi connectivity index (χ4n) is 3.06. The van der Waals surface area contributed by atoms with Gasteiger partial charge in [-0.3, -0.25) is 9.79 Å². The van der Waals surface area contributed by atoms with Crippen LogP contribution in [-0.4, -0.2) is 24.2 Å². The summed E-state index contributed by atoms with van der Waals surface area (Å²) in [6, 6.07) is 15.6. The minimum Gasteiger partial charge on any atom is -0.354 e. The lowest BCUT2D eigenvalue weighted by Gasteiger charge is -2.34. The number of rotatable bonds is 6. The summed E-state index contributed by atoms with van der Waals surface area (Å²) in [5.74, 6) is -0.0224. The van der Waals surface area contributed by atoms with Crippen LogP contribution in [0.3, 0.4) is 0 Å². The third-order valence-corrected chi connectivity index (χ3v) is 4.82. The predicted octanol–water partition coefficient (Wildman–Crippen LogP) is 4.52. The van der Waals surface area contributed by atoms with Crippen molar-refractivity contribution in [3.05, 3.63) is 70.2 Å². The molecule has 3 nitrogen and oxygen atoms in total. The summed E-state index contributed by atoms with van der Waals surface area (Å²) in [5, 5.41) is 3.70. The van der Waals surface area contributed by atoms with Crippen LogP contribution in [0.15, 0.2) is 53.5 Å². The predicted molar refractivity (Wildman–Crippen MR) is 104 cm³/mol. The number of amides is 1. The first-order valence-electron chi connectivity index (χ1n) is 8.78. The first-order valence-corrected chi connectivity index (χ1v) is 9.16. The fourth-order valence-corrected chi connectivity index (χ4v) is 3.19. The van der Waals surface area contributed by atoms with Gasteiger partial charge in [-0.1, -0.05) is 66.9 Å². The molecule has 0 unspecified atom stereocenters. The molecule has 1 aliphatic rings. The molecule has 0 spiro atoms. The van der Waals surface area contributed by atoms with Crippen molar-refractivity contribution in [3.8, 4) is 0 Å². The van der Waals surface area contributed by atoms with Crippen LogP contribution in [0.5, 0.6) is 0 Å². The summed E-state index contributed by atoms with van der Waals surface area (Å²) in [7, 11) is 0. The number of hydrogen-bond donors (Lipinski definition) is 1. The Labute approximate surface area is 154 Å². The van der Waals surface area contributed by atoms with Crippen molar-refractivity contribution in [1.82, 2.24) is 5.32 Å². The molecule has 2 aromatic carbocycles. The fraction of sp³-hybridized carbons (Fsp3) is 0.333. The summed E-state index contributed by atoms with van der Waals surface area (Å²) < 4.78 is 0. The van der Waals surface area contributed by atoms with E-state index in [1.165, 1.54) is 5.56 Å². The number of unbranched alkanes of at least 4 members (excludes halogenated alkanes) is 1. The molecule has 130 valence electrons. The van der Waals surface area contributed by atoms with Gasteiger partial charge >= 0.3 is 0 Å². The minimum absolute atomic E-state index is 0.00395. The zero-order valence-corrected chi connectivity index (χ0v) is 15.4. The van der Waals surface area contributed by atoms with E-state index in [2.05, 4.69) is 48.4 Å². The van der Waals surface area contributed by atoms with Gasteiger partial charge in [0.2, 0.25) is 5.91 Å². The van der Waals surface area contributed by atoms with Gasteiger partial charge in [-0.25, -0.2) is 0 Å². The van der Waals surface area contributed by atoms with Gasteiger partial charge in [-0.2, -0.15) is 0 Å². The van der Waals surface area contributed by atoms with Crippen molar-refractivity contribution in [2.75, 3.05) is 6.54 Å². The highest BCUT2D eigenvalue weighted by Gasteiger charge is 2.41. The Balaban J connectivity index is 1.87. The molecule has 3 rings (SSSR count). The normalized spacial score (nSPS) is 19.1. The Hall–Kier alpha value is -2.13. The highest BCUT2D eigenvalue weighted by atomic mass is 35.5. The summed E-state index contributed by atoms with van der Waals surface area (Å²) in [4.78, 5) is 17.2. The minimum atomic E-state index is -0.366. The third kappa shape index (κ3) is 3.93. The molecular weight excluding hydrogens is 332 g/mol. The van der Waals surface area contributed by atoms with Gasteiger partial charge in [0.05, 0.1) is 11.6 Å². The number of halogens is 1. The Morgan fingerprint density at radius 2 is 1.80 bits per heavy atom. The number of carbonyl (C=O) groups excluding carboxylic acids is 1. The third-order valence-electron chi connectivity index (χ3n) is 4.56. The Kier molecular flexibility index (Phi) is 5.54. The molecule has 2 aromatic rings. The lowest BCUT2D eigenvalue weighted by Crippen LogP contribution is -2.47. The zero-order chi connectivity index (χ0) is 17.8. The second kappa shape index (κ2) is 7.83. The van der Waals surface area contributed by atoms with E-state index in [9.17, 15) is 4.79 Å². The molecule has 4 heteroatoms. The maximum absolute atomic E-state index is 12.5. The molecule has 25 heavy (non-hydrogen) atoms. The number of hydrogen-bond acceptors (Lipinski definition) is 2. The summed E-state index contributed by atoms with van der Waals surface area (Å²) in [6.07, 6.45) is 2.04. The van der Waals surface area contributed by atoms with Crippen molar-refractivity contribution >= 4 is 23.2 Å². The van der Waals surface area contributed by atoms with Crippen LogP contribution in [0.4, 0.5) is 0 Å². The second-order valence-corrected chi connectivity index (χ2v) is 6.94. The molecule has 0 bridgehead atoms. The summed E-state index contributed by atoms with van der Waals surface area (Å²) in [6.45, 7) is 4.88. The maximum atomic E-state index is 12.5. The summed E-state index contributed by atoms with van der Waals surface area (Å²) in [5.41, 5.74) is 4.33. The Bertz CT molecular complexity index is 765. The van der Waals surface area contributed by atoms with Gasteiger partial charge in [-0.15, -0.1) is 0 Å². The lowest BCUT2D eigenvalue weighted by atomic mass is 9.78. The van der Waals surface area contributed by atoms with Crippen LogP contribution in [0.2, 0.25) is 5.02 Å². The van der Waals surface area contributed by atoms with Crippen LogP contribution >= 0.6 is 11.6 Å². The Morgan fingerprint density at radius 1 is 1.12 bits per heavy atom. The second-order valence-electron chi connectivity index (χ2n) is 6.50. The monoisotopic (exact) mass is 354 g/mol. The van der Waals surface area contributed by atoms with Crippen LogP contribution in [0, 0.1) is 6.92 Å². The molecule has 0 aliphatic carbocycles. The lowest BCUT2D eigenvalue weighted by molar-refractivity contribution is -0.122. The quantitative estimate of drug-likeness (QED) is 0.761. The molecule has 0 radical (unpaired) electrons. The smallest absolute Gasteiger partial charge is 0.245 e. The van der Waals surface area contributed by atoms with E-state index in [-0.39, 0.29) is 17.9 Å². The van der Waals surface area contributed by atoms with Crippen molar-refractivity contribution in [3.63, 3.8) is 0 Å². The molecule has 0 saturated carbocycles. The van der Waals surface area contributed by atoms with Crippen LogP contribution in [0.25, 0.3) is 0 Å². The van der Waals surface area contributed by atoms with Gasteiger partial charge in [0.25, 0.3) is 0 Å². The summed E-state index contributed by atoms with van der Waals surface area (Å²) >= 11 is 6.02. The van der Waals surface area contributed by atoms with Crippen molar-refractivity contribution in [2.24, 2.45) is 4.99 Å². The number of nitrogens with one attached hydrogen (secondary N) is 1. The molecule has 1 amide bonds. The van der Waals surface area contributed by atoms with Crippen LogP contribution in [0.1, 0.15) is 42.4 Å². The molecule has 1 N–H and O–H groups in total. The molecule has 0 fully saturated rings. The number of aliphatic imine (C=N–C) groups is 1. The number of benzene rings is 2. The largest absolute Gasteiger partial charge is 0.354 e.